The van der Waals surface area contributed by atoms with E-state index in [1.165, 1.54) is 12.5 Å². The lowest BCUT2D eigenvalue weighted by Gasteiger charge is -2.19. The normalized spacial score (nSPS) is 18.8. The molecular weight excluding hydrogens is 286 g/mol. The Morgan fingerprint density at radius 2 is 2.23 bits per heavy atom. The summed E-state index contributed by atoms with van der Waals surface area (Å²) >= 11 is 0. The summed E-state index contributed by atoms with van der Waals surface area (Å²) in [5, 5.41) is 4.59. The van der Waals surface area contributed by atoms with Crippen LogP contribution in [-0.4, -0.2) is 38.1 Å². The van der Waals surface area contributed by atoms with Crippen LogP contribution in [0.25, 0.3) is 11.0 Å². The maximum Gasteiger partial charge on any atom is 0.283 e. The Kier molecular flexibility index (Phi) is 3.48. The second-order valence-electron chi connectivity index (χ2n) is 6.36. The Labute approximate surface area is 127 Å². The van der Waals surface area contributed by atoms with Gasteiger partial charge in [0.15, 0.2) is 5.65 Å². The average Bonchev–Trinajstić information content (AvgIpc) is 3.09. The van der Waals surface area contributed by atoms with Gasteiger partial charge < -0.3 is 4.74 Å². The van der Waals surface area contributed by atoms with Crippen LogP contribution in [0.15, 0.2) is 17.3 Å². The first-order valence-electron chi connectivity index (χ1n) is 7.26. The van der Waals surface area contributed by atoms with Crippen molar-refractivity contribution in [1.82, 2.24) is 19.4 Å². The molecule has 3 heterocycles. The molecule has 0 saturated carbocycles. The zero-order valence-electron chi connectivity index (χ0n) is 12.9. The fraction of sp³-hybridized carbons (Fsp3) is 0.571. The van der Waals surface area contributed by atoms with Crippen LogP contribution in [0, 0.1) is 0 Å². The number of hydrogen-bond donors (Lipinski definition) is 1. The van der Waals surface area contributed by atoms with Crippen LogP contribution >= 0.6 is 0 Å². The Morgan fingerprint density at radius 3 is 2.86 bits per heavy atom. The topological polar surface area (TPSA) is 91.0 Å². The van der Waals surface area contributed by atoms with Crippen molar-refractivity contribution in [1.29, 1.82) is 0 Å². The van der Waals surface area contributed by atoms with Gasteiger partial charge in [0, 0.05) is 6.61 Å². The van der Waals surface area contributed by atoms with E-state index in [1.807, 2.05) is 20.8 Å². The summed E-state index contributed by atoms with van der Waals surface area (Å²) in [5.41, 5.74) is 2.39. The molecule has 1 atom stereocenters. The zero-order chi connectivity index (χ0) is 15.9. The maximum atomic E-state index is 12.4. The van der Waals surface area contributed by atoms with E-state index in [1.54, 1.807) is 4.68 Å². The van der Waals surface area contributed by atoms with Crippen LogP contribution in [0.5, 0.6) is 0 Å². The molecule has 1 aliphatic heterocycles. The minimum Gasteiger partial charge on any atom is -0.368 e. The van der Waals surface area contributed by atoms with E-state index in [0.717, 1.165) is 11.1 Å². The molecule has 22 heavy (non-hydrogen) atoms. The van der Waals surface area contributed by atoms with E-state index < -0.39 is 6.10 Å². The molecule has 118 valence electrons. The van der Waals surface area contributed by atoms with Crippen molar-refractivity contribution < 1.29 is 9.53 Å². The zero-order valence-corrected chi connectivity index (χ0v) is 12.9. The molecule has 1 fully saturated rings. The fourth-order valence-corrected chi connectivity index (χ4v) is 2.46. The molecule has 0 aromatic carbocycles. The van der Waals surface area contributed by atoms with Gasteiger partial charge in [-0.1, -0.05) is 0 Å². The summed E-state index contributed by atoms with van der Waals surface area (Å²) in [5.74, 6) is -0.330. The number of ether oxygens (including phenoxy) is 1. The van der Waals surface area contributed by atoms with Crippen LogP contribution in [0.3, 0.4) is 0 Å². The summed E-state index contributed by atoms with van der Waals surface area (Å²) in [6, 6.07) is 0. The number of hydrogen-bond acceptors (Lipinski definition) is 5. The van der Waals surface area contributed by atoms with Gasteiger partial charge in [-0.25, -0.2) is 14.3 Å². The average molecular weight is 305 g/mol. The molecule has 8 nitrogen and oxygen atoms in total. The number of nitrogens with one attached hydrogen (secondary N) is 1. The van der Waals surface area contributed by atoms with Crippen LogP contribution in [-0.2, 0) is 15.1 Å². The van der Waals surface area contributed by atoms with Gasteiger partial charge >= 0.3 is 0 Å². The molecule has 3 rings (SSSR count). The van der Waals surface area contributed by atoms with Gasteiger partial charge in [-0.2, -0.15) is 5.10 Å². The fourth-order valence-electron chi connectivity index (χ4n) is 2.46. The predicted molar refractivity (Wildman–Crippen MR) is 80.1 cm³/mol. The van der Waals surface area contributed by atoms with Gasteiger partial charge in [0.2, 0.25) is 0 Å². The van der Waals surface area contributed by atoms with Crippen molar-refractivity contribution in [2.45, 2.75) is 45.3 Å². The van der Waals surface area contributed by atoms with Gasteiger partial charge in [-0.15, -0.1) is 0 Å². The van der Waals surface area contributed by atoms with Crippen molar-refractivity contribution in [3.05, 3.63) is 22.9 Å². The van der Waals surface area contributed by atoms with Crippen molar-refractivity contribution in [3.8, 4) is 0 Å². The SMILES string of the molecule is CC(C)(C)n1ncc2c(=O)n(NC(=O)C3CCCO3)cnc21. The Morgan fingerprint density at radius 1 is 1.45 bits per heavy atom. The van der Waals surface area contributed by atoms with Gasteiger partial charge in [-0.05, 0) is 33.6 Å². The molecule has 1 aliphatic rings. The number of carbonyl (C=O) groups is 1. The summed E-state index contributed by atoms with van der Waals surface area (Å²) in [7, 11) is 0. The van der Waals surface area contributed by atoms with Gasteiger partial charge in [0.25, 0.3) is 11.5 Å². The first-order valence-corrected chi connectivity index (χ1v) is 7.26. The molecule has 0 aliphatic carbocycles. The molecule has 1 N–H and O–H groups in total. The summed E-state index contributed by atoms with van der Waals surface area (Å²) < 4.78 is 8.07. The van der Waals surface area contributed by atoms with E-state index in [0.29, 0.717) is 24.1 Å². The van der Waals surface area contributed by atoms with Crippen LogP contribution in [0.1, 0.15) is 33.6 Å². The number of carbonyl (C=O) groups excluding carboxylic acids is 1. The summed E-state index contributed by atoms with van der Waals surface area (Å²) in [4.78, 5) is 28.7. The highest BCUT2D eigenvalue weighted by Gasteiger charge is 2.25. The summed E-state index contributed by atoms with van der Waals surface area (Å²) in [6.45, 7) is 6.51. The Bertz CT molecular complexity index is 765. The lowest BCUT2D eigenvalue weighted by atomic mass is 10.1. The van der Waals surface area contributed by atoms with E-state index >= 15 is 0 Å². The summed E-state index contributed by atoms with van der Waals surface area (Å²) in [6.07, 6.45) is 3.80. The molecule has 1 saturated heterocycles. The largest absolute Gasteiger partial charge is 0.368 e. The molecule has 8 heteroatoms. The number of aromatic nitrogens is 4. The smallest absolute Gasteiger partial charge is 0.283 e. The van der Waals surface area contributed by atoms with Crippen molar-refractivity contribution in [3.63, 3.8) is 0 Å². The quantitative estimate of drug-likeness (QED) is 0.877. The van der Waals surface area contributed by atoms with Gasteiger partial charge in [0.1, 0.15) is 17.8 Å². The van der Waals surface area contributed by atoms with Crippen LogP contribution in [0.2, 0.25) is 0 Å². The highest BCUT2D eigenvalue weighted by molar-refractivity contribution is 5.88. The first-order chi connectivity index (χ1) is 10.4. The minimum absolute atomic E-state index is 0.283. The predicted octanol–water partition coefficient (Wildman–Crippen LogP) is 0.597. The highest BCUT2D eigenvalue weighted by atomic mass is 16.5. The molecular formula is C14H19N5O3. The number of fused-ring (bicyclic) bond motifs is 1. The van der Waals surface area contributed by atoms with E-state index in [-0.39, 0.29) is 17.0 Å². The number of amides is 1. The van der Waals surface area contributed by atoms with Crippen LogP contribution < -0.4 is 11.0 Å². The van der Waals surface area contributed by atoms with Crippen molar-refractivity contribution in [2.75, 3.05) is 12.0 Å². The van der Waals surface area contributed by atoms with Gasteiger partial charge in [0.05, 0.1) is 11.7 Å². The molecule has 0 bridgehead atoms. The lowest BCUT2D eigenvalue weighted by molar-refractivity contribution is -0.125. The highest BCUT2D eigenvalue weighted by Crippen LogP contribution is 2.17. The molecule has 1 amide bonds. The second-order valence-corrected chi connectivity index (χ2v) is 6.36. The van der Waals surface area contributed by atoms with E-state index in [2.05, 4.69) is 15.5 Å². The third kappa shape index (κ3) is 2.50. The molecule has 0 radical (unpaired) electrons. The van der Waals surface area contributed by atoms with E-state index in [9.17, 15) is 9.59 Å². The molecule has 2 aromatic heterocycles. The van der Waals surface area contributed by atoms with Crippen molar-refractivity contribution >= 4 is 16.9 Å². The Balaban J connectivity index is 1.94. The third-order valence-electron chi connectivity index (χ3n) is 3.58. The van der Waals surface area contributed by atoms with Gasteiger partial charge in [-0.3, -0.25) is 15.0 Å². The second kappa shape index (κ2) is 5.20. The number of rotatable bonds is 2. The Hall–Kier alpha value is -2.22. The van der Waals surface area contributed by atoms with Crippen LogP contribution in [0.4, 0.5) is 0 Å². The lowest BCUT2D eigenvalue weighted by Crippen LogP contribution is -2.38. The first kappa shape index (κ1) is 14.7. The monoisotopic (exact) mass is 305 g/mol. The maximum absolute atomic E-state index is 12.4. The molecule has 1 unspecified atom stereocenters. The standard InChI is InChI=1S/C14H19N5O3/c1-14(2,3)19-11-9(7-16-19)13(21)18(8-15-11)17-12(20)10-5-4-6-22-10/h7-8,10H,4-6H2,1-3H3,(H,17,20). The van der Waals surface area contributed by atoms with Crippen molar-refractivity contribution in [2.24, 2.45) is 0 Å². The molecule has 0 spiro atoms. The molecule has 2 aromatic rings. The third-order valence-corrected chi connectivity index (χ3v) is 3.58. The minimum atomic E-state index is -0.500. The van der Waals surface area contributed by atoms with E-state index in [4.69, 9.17) is 4.74 Å². The number of nitrogens with zero attached hydrogens (tertiary/aromatic N) is 4.